The fourth-order valence-electron chi connectivity index (χ4n) is 2.30. The van der Waals surface area contributed by atoms with Crippen molar-refractivity contribution in [1.29, 1.82) is 0 Å². The summed E-state index contributed by atoms with van der Waals surface area (Å²) >= 11 is 6.03. The Morgan fingerprint density at radius 3 is 2.32 bits per heavy atom. The van der Waals surface area contributed by atoms with Crippen molar-refractivity contribution >= 4 is 40.7 Å². The first-order chi connectivity index (χ1) is 13.3. The summed E-state index contributed by atoms with van der Waals surface area (Å²) in [7, 11) is 0. The average molecular weight is 401 g/mol. The third-order valence-corrected chi connectivity index (χ3v) is 4.15. The van der Waals surface area contributed by atoms with Crippen LogP contribution in [0.2, 0.25) is 5.02 Å². The van der Waals surface area contributed by atoms with Crippen LogP contribution in [-0.2, 0) is 9.59 Å². The van der Waals surface area contributed by atoms with E-state index >= 15 is 0 Å². The van der Waals surface area contributed by atoms with Gasteiger partial charge in [-0.3, -0.25) is 19.8 Å². The summed E-state index contributed by atoms with van der Waals surface area (Å²) in [5, 5.41) is 5.93. The second-order valence-corrected chi connectivity index (χ2v) is 6.49. The monoisotopic (exact) mass is 400 g/mol. The Morgan fingerprint density at radius 2 is 1.68 bits per heavy atom. The van der Waals surface area contributed by atoms with E-state index in [9.17, 15) is 14.4 Å². The molecule has 2 rings (SSSR count). The number of amides is 3. The van der Waals surface area contributed by atoms with Crippen LogP contribution in [0.1, 0.15) is 29.3 Å². The van der Waals surface area contributed by atoms with E-state index in [-0.39, 0.29) is 18.2 Å². The molecule has 0 unspecified atom stereocenters. The standard InChI is InChI=1S/C20H21ClN4O3/c1-12(11-19(27)23-18-6-4-5-17(21)13(18)2)24-25-20(28)15-7-9-16(10-8-15)22-14(3)26/h4-10,24H,1,11H2,2-3H3,(H,22,26)(H,23,27)(H,25,28). The summed E-state index contributed by atoms with van der Waals surface area (Å²) in [5.74, 6) is -0.889. The highest BCUT2D eigenvalue weighted by Crippen LogP contribution is 2.23. The second kappa shape index (κ2) is 9.57. The largest absolute Gasteiger partial charge is 0.326 e. The number of hydrazine groups is 1. The van der Waals surface area contributed by atoms with Gasteiger partial charge in [-0.25, -0.2) is 0 Å². The maximum atomic E-state index is 12.1. The summed E-state index contributed by atoms with van der Waals surface area (Å²) < 4.78 is 0. The number of benzene rings is 2. The quantitative estimate of drug-likeness (QED) is 0.535. The number of rotatable bonds is 7. The zero-order chi connectivity index (χ0) is 20.7. The van der Waals surface area contributed by atoms with Gasteiger partial charge in [-0.15, -0.1) is 0 Å². The summed E-state index contributed by atoms with van der Waals surface area (Å²) in [6.45, 7) is 6.94. The molecule has 0 aliphatic carbocycles. The molecule has 0 saturated carbocycles. The lowest BCUT2D eigenvalue weighted by molar-refractivity contribution is -0.116. The highest BCUT2D eigenvalue weighted by molar-refractivity contribution is 6.31. The minimum absolute atomic E-state index is 0.0340. The summed E-state index contributed by atoms with van der Waals surface area (Å²) in [6, 6.07) is 11.6. The van der Waals surface area contributed by atoms with E-state index in [0.29, 0.717) is 27.7 Å². The normalized spacial score (nSPS) is 9.96. The fourth-order valence-corrected chi connectivity index (χ4v) is 2.48. The molecular formula is C20H21ClN4O3. The SMILES string of the molecule is C=C(CC(=O)Nc1cccc(Cl)c1C)NNC(=O)c1ccc(NC(C)=O)cc1. The van der Waals surface area contributed by atoms with Gasteiger partial charge in [0.1, 0.15) is 0 Å². The molecule has 0 aliphatic rings. The molecule has 146 valence electrons. The molecule has 2 aromatic rings. The summed E-state index contributed by atoms with van der Waals surface area (Å²) in [5.41, 5.74) is 7.78. The van der Waals surface area contributed by atoms with Gasteiger partial charge in [-0.05, 0) is 48.9 Å². The molecule has 2 aromatic carbocycles. The average Bonchev–Trinajstić information content (AvgIpc) is 2.63. The van der Waals surface area contributed by atoms with E-state index in [4.69, 9.17) is 11.6 Å². The van der Waals surface area contributed by atoms with Crippen molar-refractivity contribution in [3.8, 4) is 0 Å². The van der Waals surface area contributed by atoms with Crippen LogP contribution in [0.15, 0.2) is 54.7 Å². The van der Waals surface area contributed by atoms with Crippen molar-refractivity contribution in [2.45, 2.75) is 20.3 Å². The molecular weight excluding hydrogens is 380 g/mol. The molecule has 8 heteroatoms. The lowest BCUT2D eigenvalue weighted by atomic mass is 10.2. The van der Waals surface area contributed by atoms with Crippen LogP contribution >= 0.6 is 11.6 Å². The van der Waals surface area contributed by atoms with Gasteiger partial charge in [-0.2, -0.15) is 0 Å². The molecule has 7 nitrogen and oxygen atoms in total. The molecule has 0 heterocycles. The van der Waals surface area contributed by atoms with Crippen molar-refractivity contribution in [3.05, 3.63) is 70.9 Å². The summed E-state index contributed by atoms with van der Waals surface area (Å²) in [4.78, 5) is 35.2. The van der Waals surface area contributed by atoms with E-state index in [0.717, 1.165) is 5.56 Å². The van der Waals surface area contributed by atoms with Crippen LogP contribution in [0.5, 0.6) is 0 Å². The van der Waals surface area contributed by atoms with Crippen LogP contribution in [0, 0.1) is 6.92 Å². The predicted octanol–water partition coefficient (Wildman–Crippen LogP) is 3.38. The molecule has 0 atom stereocenters. The van der Waals surface area contributed by atoms with Gasteiger partial charge >= 0.3 is 0 Å². The molecule has 0 spiro atoms. The zero-order valence-corrected chi connectivity index (χ0v) is 16.3. The first kappa shape index (κ1) is 21.0. The van der Waals surface area contributed by atoms with Crippen molar-refractivity contribution in [2.75, 3.05) is 10.6 Å². The molecule has 28 heavy (non-hydrogen) atoms. The highest BCUT2D eigenvalue weighted by atomic mass is 35.5. The first-order valence-electron chi connectivity index (χ1n) is 8.43. The molecule has 0 aromatic heterocycles. The molecule has 0 fully saturated rings. The second-order valence-electron chi connectivity index (χ2n) is 6.08. The van der Waals surface area contributed by atoms with Crippen molar-refractivity contribution in [3.63, 3.8) is 0 Å². The lowest BCUT2D eigenvalue weighted by Crippen LogP contribution is -2.37. The maximum absolute atomic E-state index is 12.1. The Morgan fingerprint density at radius 1 is 1.00 bits per heavy atom. The minimum atomic E-state index is -0.401. The number of anilines is 2. The Labute approximate surface area is 168 Å². The zero-order valence-electron chi connectivity index (χ0n) is 15.6. The number of hydrogen-bond acceptors (Lipinski definition) is 4. The molecule has 0 radical (unpaired) electrons. The topological polar surface area (TPSA) is 99.3 Å². The van der Waals surface area contributed by atoms with E-state index in [1.165, 1.54) is 6.92 Å². The number of carbonyl (C=O) groups is 3. The van der Waals surface area contributed by atoms with Crippen LogP contribution in [0.25, 0.3) is 0 Å². The van der Waals surface area contributed by atoms with E-state index < -0.39 is 5.91 Å². The molecule has 0 saturated heterocycles. The number of carbonyl (C=O) groups excluding carboxylic acids is 3. The van der Waals surface area contributed by atoms with Crippen molar-refractivity contribution in [2.24, 2.45) is 0 Å². The Hall–Kier alpha value is -3.32. The predicted molar refractivity (Wildman–Crippen MR) is 110 cm³/mol. The number of halogens is 1. The van der Waals surface area contributed by atoms with Gasteiger partial charge < -0.3 is 16.1 Å². The molecule has 4 N–H and O–H groups in total. The van der Waals surface area contributed by atoms with Gasteiger partial charge in [0.2, 0.25) is 11.8 Å². The van der Waals surface area contributed by atoms with Gasteiger partial charge in [0.15, 0.2) is 0 Å². The smallest absolute Gasteiger partial charge is 0.269 e. The third kappa shape index (κ3) is 6.14. The van der Waals surface area contributed by atoms with Crippen molar-refractivity contribution < 1.29 is 14.4 Å². The van der Waals surface area contributed by atoms with Crippen LogP contribution < -0.4 is 21.5 Å². The van der Waals surface area contributed by atoms with Gasteiger partial charge in [0, 0.05) is 34.6 Å². The Balaban J connectivity index is 1.82. The maximum Gasteiger partial charge on any atom is 0.269 e. The van der Waals surface area contributed by atoms with Gasteiger partial charge in [0.25, 0.3) is 5.91 Å². The molecule has 0 bridgehead atoms. The number of hydrogen-bond donors (Lipinski definition) is 4. The van der Waals surface area contributed by atoms with Crippen molar-refractivity contribution in [1.82, 2.24) is 10.9 Å². The first-order valence-corrected chi connectivity index (χ1v) is 8.81. The number of nitrogens with one attached hydrogen (secondary N) is 4. The van der Waals surface area contributed by atoms with Crippen LogP contribution in [-0.4, -0.2) is 17.7 Å². The van der Waals surface area contributed by atoms with E-state index in [1.54, 1.807) is 42.5 Å². The Kier molecular flexibility index (Phi) is 7.17. The minimum Gasteiger partial charge on any atom is -0.326 e. The van der Waals surface area contributed by atoms with E-state index in [2.05, 4.69) is 28.1 Å². The molecule has 0 aliphatic heterocycles. The van der Waals surface area contributed by atoms with Crippen LogP contribution in [0.3, 0.4) is 0 Å². The van der Waals surface area contributed by atoms with Crippen LogP contribution in [0.4, 0.5) is 11.4 Å². The van der Waals surface area contributed by atoms with Gasteiger partial charge in [0.05, 0.1) is 6.42 Å². The molecule has 3 amide bonds. The van der Waals surface area contributed by atoms with E-state index in [1.807, 2.05) is 6.92 Å². The highest BCUT2D eigenvalue weighted by Gasteiger charge is 2.10. The third-order valence-electron chi connectivity index (χ3n) is 3.74. The van der Waals surface area contributed by atoms with Gasteiger partial charge in [-0.1, -0.05) is 24.2 Å². The fraction of sp³-hybridized carbons (Fsp3) is 0.150. The lowest BCUT2D eigenvalue weighted by Gasteiger charge is -2.13. The summed E-state index contributed by atoms with van der Waals surface area (Å²) in [6.07, 6.45) is -0.0340. The Bertz CT molecular complexity index is 910.